The van der Waals surface area contributed by atoms with Crippen LogP contribution in [0, 0.1) is 0 Å². The fourth-order valence-electron chi connectivity index (χ4n) is 1.58. The summed E-state index contributed by atoms with van der Waals surface area (Å²) in [5, 5.41) is 5.80. The van der Waals surface area contributed by atoms with E-state index >= 15 is 0 Å². The van der Waals surface area contributed by atoms with Gasteiger partial charge in [-0.1, -0.05) is 19.1 Å². The van der Waals surface area contributed by atoms with Crippen LogP contribution in [0.15, 0.2) is 29.2 Å². The molecule has 0 aromatic heterocycles. The normalized spacial score (nSPS) is 12.4. The van der Waals surface area contributed by atoms with Gasteiger partial charge >= 0.3 is 5.51 Å². The Kier molecular flexibility index (Phi) is 5.82. The van der Waals surface area contributed by atoms with Crippen molar-refractivity contribution in [3.05, 3.63) is 24.3 Å². The van der Waals surface area contributed by atoms with E-state index in [0.29, 0.717) is 19.5 Å². The van der Waals surface area contributed by atoms with Crippen molar-refractivity contribution < 1.29 is 21.6 Å². The SMILES string of the molecule is CCNCCCNc1ccccc1S(=O)(=O)C(F)(F)F. The zero-order chi connectivity index (χ0) is 15.2. The van der Waals surface area contributed by atoms with Crippen molar-refractivity contribution in [3.63, 3.8) is 0 Å². The molecule has 0 aliphatic carbocycles. The summed E-state index contributed by atoms with van der Waals surface area (Å²) in [5.41, 5.74) is -5.32. The van der Waals surface area contributed by atoms with E-state index in [1.54, 1.807) is 0 Å². The lowest BCUT2D eigenvalue weighted by molar-refractivity contribution is -0.0435. The van der Waals surface area contributed by atoms with Gasteiger partial charge in [-0.25, -0.2) is 8.42 Å². The van der Waals surface area contributed by atoms with Crippen LogP contribution in [-0.2, 0) is 9.84 Å². The number of benzene rings is 1. The second-order valence-corrected chi connectivity index (χ2v) is 5.99. The van der Waals surface area contributed by atoms with Crippen molar-refractivity contribution >= 4 is 15.5 Å². The molecule has 0 spiro atoms. The van der Waals surface area contributed by atoms with Gasteiger partial charge in [-0.15, -0.1) is 0 Å². The first-order valence-corrected chi connectivity index (χ1v) is 7.64. The quantitative estimate of drug-likeness (QED) is 0.759. The van der Waals surface area contributed by atoms with Crippen molar-refractivity contribution in [1.82, 2.24) is 5.32 Å². The van der Waals surface area contributed by atoms with Crippen molar-refractivity contribution in [1.29, 1.82) is 0 Å². The molecule has 0 radical (unpaired) electrons. The maximum absolute atomic E-state index is 12.6. The predicted molar refractivity (Wildman–Crippen MR) is 71.3 cm³/mol. The van der Waals surface area contributed by atoms with Crippen LogP contribution in [0.3, 0.4) is 0 Å². The molecule has 0 bridgehead atoms. The van der Waals surface area contributed by atoms with Gasteiger partial charge in [-0.2, -0.15) is 13.2 Å². The van der Waals surface area contributed by atoms with Gasteiger partial charge in [0.05, 0.1) is 10.6 Å². The van der Waals surface area contributed by atoms with Crippen molar-refractivity contribution in [2.45, 2.75) is 23.7 Å². The van der Waals surface area contributed by atoms with Gasteiger partial charge in [0, 0.05) is 6.54 Å². The molecule has 0 saturated carbocycles. The average Bonchev–Trinajstić information content (AvgIpc) is 2.37. The Morgan fingerprint density at radius 3 is 2.40 bits per heavy atom. The summed E-state index contributed by atoms with van der Waals surface area (Å²) >= 11 is 0. The molecule has 4 nitrogen and oxygen atoms in total. The Morgan fingerprint density at radius 2 is 1.80 bits per heavy atom. The van der Waals surface area contributed by atoms with Crippen molar-refractivity contribution in [2.24, 2.45) is 0 Å². The molecular weight excluding hydrogens is 293 g/mol. The number of rotatable bonds is 7. The first-order valence-electron chi connectivity index (χ1n) is 6.15. The maximum atomic E-state index is 12.6. The molecule has 0 amide bonds. The van der Waals surface area contributed by atoms with E-state index in [0.717, 1.165) is 12.6 Å². The molecule has 20 heavy (non-hydrogen) atoms. The molecule has 1 aromatic rings. The second kappa shape index (κ2) is 6.94. The number of nitrogens with one attached hydrogen (secondary N) is 2. The van der Waals surface area contributed by atoms with Gasteiger partial charge in [0.15, 0.2) is 0 Å². The minimum atomic E-state index is -5.33. The van der Waals surface area contributed by atoms with Crippen LogP contribution >= 0.6 is 0 Å². The zero-order valence-electron chi connectivity index (χ0n) is 11.0. The Morgan fingerprint density at radius 1 is 1.15 bits per heavy atom. The van der Waals surface area contributed by atoms with Crippen LogP contribution in [0.25, 0.3) is 0 Å². The first kappa shape index (κ1) is 16.8. The fraction of sp³-hybridized carbons (Fsp3) is 0.500. The lowest BCUT2D eigenvalue weighted by Gasteiger charge is -2.14. The molecular formula is C12H17F3N2O2S. The van der Waals surface area contributed by atoms with E-state index < -0.39 is 20.2 Å². The van der Waals surface area contributed by atoms with E-state index in [4.69, 9.17) is 0 Å². The molecule has 1 aromatic carbocycles. The van der Waals surface area contributed by atoms with E-state index in [1.807, 2.05) is 6.92 Å². The molecule has 0 atom stereocenters. The van der Waals surface area contributed by atoms with E-state index in [2.05, 4.69) is 10.6 Å². The van der Waals surface area contributed by atoms with Crippen LogP contribution in [0.1, 0.15) is 13.3 Å². The average molecular weight is 310 g/mol. The lowest BCUT2D eigenvalue weighted by atomic mass is 10.3. The Balaban J connectivity index is 2.84. The summed E-state index contributed by atoms with van der Waals surface area (Å²) in [6.45, 7) is 3.84. The first-order chi connectivity index (χ1) is 9.30. The monoisotopic (exact) mass is 310 g/mol. The molecule has 0 aliphatic rings. The summed E-state index contributed by atoms with van der Waals surface area (Å²) in [5.74, 6) is 0. The van der Waals surface area contributed by atoms with Crippen molar-refractivity contribution in [3.8, 4) is 0 Å². The molecule has 0 heterocycles. The molecule has 8 heteroatoms. The van der Waals surface area contributed by atoms with Gasteiger partial charge < -0.3 is 10.6 Å². The smallest absolute Gasteiger partial charge is 0.384 e. The fourth-order valence-corrected chi connectivity index (χ4v) is 2.52. The number of hydrogen-bond donors (Lipinski definition) is 2. The second-order valence-electron chi connectivity index (χ2n) is 4.08. The largest absolute Gasteiger partial charge is 0.501 e. The highest BCUT2D eigenvalue weighted by Crippen LogP contribution is 2.34. The highest BCUT2D eigenvalue weighted by Gasteiger charge is 2.47. The van der Waals surface area contributed by atoms with Crippen LogP contribution in [0.4, 0.5) is 18.9 Å². The van der Waals surface area contributed by atoms with Gasteiger partial charge in [0.25, 0.3) is 9.84 Å². The summed E-state index contributed by atoms with van der Waals surface area (Å²) in [7, 11) is -5.33. The summed E-state index contributed by atoms with van der Waals surface area (Å²) in [4.78, 5) is -0.740. The maximum Gasteiger partial charge on any atom is 0.501 e. The molecule has 0 aliphatic heterocycles. The number of para-hydroxylation sites is 1. The third-order valence-electron chi connectivity index (χ3n) is 2.58. The van der Waals surface area contributed by atoms with Crippen LogP contribution < -0.4 is 10.6 Å². The third kappa shape index (κ3) is 4.11. The van der Waals surface area contributed by atoms with Gasteiger partial charge in [0.1, 0.15) is 0 Å². The minimum absolute atomic E-state index is 0.0266. The molecule has 0 saturated heterocycles. The topological polar surface area (TPSA) is 58.2 Å². The lowest BCUT2D eigenvalue weighted by Crippen LogP contribution is -2.24. The Bertz CT molecular complexity index is 530. The zero-order valence-corrected chi connectivity index (χ0v) is 11.8. The summed E-state index contributed by atoms with van der Waals surface area (Å²) in [6, 6.07) is 5.03. The van der Waals surface area contributed by atoms with Crippen LogP contribution in [0.5, 0.6) is 0 Å². The Hall–Kier alpha value is -1.28. The van der Waals surface area contributed by atoms with Gasteiger partial charge in [-0.05, 0) is 31.6 Å². The van der Waals surface area contributed by atoms with E-state index in [9.17, 15) is 21.6 Å². The van der Waals surface area contributed by atoms with Crippen LogP contribution in [0.2, 0.25) is 0 Å². The van der Waals surface area contributed by atoms with E-state index in [1.165, 1.54) is 18.2 Å². The number of halogens is 3. The van der Waals surface area contributed by atoms with Crippen LogP contribution in [-0.4, -0.2) is 33.6 Å². The summed E-state index contributed by atoms with van der Waals surface area (Å²) < 4.78 is 60.6. The predicted octanol–water partition coefficient (Wildman–Crippen LogP) is 2.39. The van der Waals surface area contributed by atoms with Gasteiger partial charge in [0.2, 0.25) is 0 Å². The third-order valence-corrected chi connectivity index (χ3v) is 4.12. The molecule has 0 unspecified atom stereocenters. The Labute approximate surface area is 116 Å². The number of hydrogen-bond acceptors (Lipinski definition) is 4. The standard InChI is InChI=1S/C12H17F3N2O2S/c1-2-16-8-5-9-17-10-6-3-4-7-11(10)20(18,19)12(13,14)15/h3-4,6-7,16-17H,2,5,8-9H2,1H3. The minimum Gasteiger partial charge on any atom is -0.384 e. The van der Waals surface area contributed by atoms with Crippen molar-refractivity contribution in [2.75, 3.05) is 25.0 Å². The molecule has 2 N–H and O–H groups in total. The van der Waals surface area contributed by atoms with Gasteiger partial charge in [-0.3, -0.25) is 0 Å². The molecule has 0 fully saturated rings. The summed E-state index contributed by atoms with van der Waals surface area (Å²) in [6.07, 6.45) is 0.675. The van der Waals surface area contributed by atoms with E-state index in [-0.39, 0.29) is 5.69 Å². The molecule has 1 rings (SSSR count). The highest BCUT2D eigenvalue weighted by molar-refractivity contribution is 7.92. The number of alkyl halides is 3. The molecule has 114 valence electrons. The highest BCUT2D eigenvalue weighted by atomic mass is 32.2. The number of sulfone groups is 1. The number of anilines is 1.